The first-order valence-corrected chi connectivity index (χ1v) is 23.0. The predicted octanol–water partition coefficient (Wildman–Crippen LogP) is 5.22. The second-order valence-electron chi connectivity index (χ2n) is 17.3. The summed E-state index contributed by atoms with van der Waals surface area (Å²) in [6.07, 6.45) is 12.6. The second-order valence-corrected chi connectivity index (χ2v) is 19.2. The monoisotopic (exact) mass is 819 g/mol. The minimum Gasteiger partial charge on any atom is -0.493 e. The molecule has 4 aliphatic carbocycles. The number of sulfonamides is 1. The maximum absolute atomic E-state index is 15.0. The van der Waals surface area contributed by atoms with Crippen LogP contribution in [0.5, 0.6) is 11.6 Å². The van der Waals surface area contributed by atoms with Crippen LogP contribution in [-0.2, 0) is 35.6 Å². The predicted molar refractivity (Wildman–Crippen MR) is 215 cm³/mol. The number of alkyl carbamates (subject to hydrolysis) is 1. The molecule has 3 heterocycles. The Balaban J connectivity index is 1.16. The number of amides is 4. The lowest BCUT2D eigenvalue weighted by Crippen LogP contribution is -2.70. The van der Waals surface area contributed by atoms with Crippen LogP contribution in [0.15, 0.2) is 36.4 Å². The maximum atomic E-state index is 15.0. The van der Waals surface area contributed by atoms with Crippen LogP contribution in [0.1, 0.15) is 109 Å². The van der Waals surface area contributed by atoms with E-state index in [4.69, 9.17) is 19.2 Å². The van der Waals surface area contributed by atoms with E-state index in [1.54, 1.807) is 0 Å². The summed E-state index contributed by atoms with van der Waals surface area (Å²) < 4.78 is 47.1. The van der Waals surface area contributed by atoms with E-state index in [1.807, 2.05) is 38.1 Å². The van der Waals surface area contributed by atoms with Crippen LogP contribution < -0.4 is 24.8 Å². The van der Waals surface area contributed by atoms with Crippen LogP contribution in [-0.4, -0.2) is 90.3 Å². The van der Waals surface area contributed by atoms with Gasteiger partial charge in [0.05, 0.1) is 29.5 Å². The van der Waals surface area contributed by atoms with Gasteiger partial charge in [-0.1, -0.05) is 44.1 Å². The van der Waals surface area contributed by atoms with Gasteiger partial charge < -0.3 is 29.7 Å². The molecule has 314 valence electrons. The number of fused-ring (bicyclic) bond motifs is 5. The topological polar surface area (TPSA) is 182 Å². The molecule has 2 aliphatic heterocycles. The van der Waals surface area contributed by atoms with E-state index in [-0.39, 0.29) is 43.2 Å². The number of rotatable bonds is 8. The van der Waals surface area contributed by atoms with Crippen LogP contribution >= 0.6 is 0 Å². The molecule has 0 radical (unpaired) electrons. The van der Waals surface area contributed by atoms with Crippen LogP contribution in [0.3, 0.4) is 0 Å². The van der Waals surface area contributed by atoms with E-state index in [9.17, 15) is 27.6 Å². The molecule has 7 atom stereocenters. The Hall–Kier alpha value is -4.40. The van der Waals surface area contributed by atoms with Crippen LogP contribution in [0.4, 0.5) is 4.79 Å². The van der Waals surface area contributed by atoms with Crippen LogP contribution in [0.25, 0.3) is 10.9 Å². The Morgan fingerprint density at radius 3 is 2.48 bits per heavy atom. The Morgan fingerprint density at radius 2 is 1.76 bits per heavy atom. The van der Waals surface area contributed by atoms with E-state index in [0.29, 0.717) is 49.4 Å². The van der Waals surface area contributed by atoms with Crippen molar-refractivity contribution in [3.8, 4) is 11.6 Å². The lowest BCUT2D eigenvalue weighted by molar-refractivity contribution is -0.145. The number of hydrogen-bond acceptors (Lipinski definition) is 10. The van der Waals surface area contributed by atoms with E-state index in [1.165, 1.54) is 4.90 Å². The Bertz CT molecular complexity index is 2050. The Kier molecular flexibility index (Phi) is 11.6. The second kappa shape index (κ2) is 16.7. The highest BCUT2D eigenvalue weighted by Gasteiger charge is 2.55. The van der Waals surface area contributed by atoms with Crippen molar-refractivity contribution in [1.82, 2.24) is 25.2 Å². The van der Waals surface area contributed by atoms with Gasteiger partial charge in [0, 0.05) is 11.8 Å². The molecule has 2 bridgehead atoms. The summed E-state index contributed by atoms with van der Waals surface area (Å²) in [5, 5.41) is 6.15. The first kappa shape index (κ1) is 40.4. The van der Waals surface area contributed by atoms with Gasteiger partial charge in [-0.15, -0.1) is 0 Å². The summed E-state index contributed by atoms with van der Waals surface area (Å²) >= 11 is 0. The molecule has 58 heavy (non-hydrogen) atoms. The molecule has 1 aromatic carbocycles. The lowest BCUT2D eigenvalue weighted by atomic mass is 9.67. The number of para-hydroxylation sites is 1. The maximum Gasteiger partial charge on any atom is 0.408 e. The fourth-order valence-electron chi connectivity index (χ4n) is 9.87. The van der Waals surface area contributed by atoms with E-state index >= 15 is 0 Å². The SMILES string of the molecule is CCOc1c2c(nc3ccccc13)OC1CC(C(=O)NC3(C(=O)NS(=O)(=O)C4CC4)CCC3C)N(C1)C(=O)C(C1CCCC1)NC(=O)OC1CCCC1CCC=CC2. The number of aromatic nitrogens is 1. The van der Waals surface area contributed by atoms with Crippen molar-refractivity contribution >= 4 is 44.7 Å². The van der Waals surface area contributed by atoms with Gasteiger partial charge in [-0.25, -0.2) is 18.2 Å². The molecule has 3 N–H and O–H groups in total. The van der Waals surface area contributed by atoms with Crippen LogP contribution in [0, 0.1) is 17.8 Å². The fraction of sp³-hybridized carbons (Fsp3) is 0.651. The zero-order valence-corrected chi connectivity index (χ0v) is 34.4. The third kappa shape index (κ3) is 8.11. The van der Waals surface area contributed by atoms with Gasteiger partial charge in [-0.2, -0.15) is 0 Å². The summed E-state index contributed by atoms with van der Waals surface area (Å²) in [4.78, 5) is 63.5. The summed E-state index contributed by atoms with van der Waals surface area (Å²) in [6, 6.07) is 5.68. The average Bonchev–Trinajstić information content (AvgIpc) is 3.54. The lowest BCUT2D eigenvalue weighted by Gasteiger charge is -2.47. The largest absolute Gasteiger partial charge is 0.493 e. The van der Waals surface area contributed by atoms with Crippen molar-refractivity contribution in [2.75, 3.05) is 13.2 Å². The number of ether oxygens (including phenoxy) is 3. The highest BCUT2D eigenvalue weighted by molar-refractivity contribution is 7.91. The molecule has 4 amide bonds. The Labute approximate surface area is 340 Å². The zero-order valence-electron chi connectivity index (χ0n) is 33.6. The van der Waals surface area contributed by atoms with E-state index in [2.05, 4.69) is 27.5 Å². The molecule has 15 heteroatoms. The van der Waals surface area contributed by atoms with Gasteiger partial charge in [0.15, 0.2) is 0 Å². The van der Waals surface area contributed by atoms with Crippen molar-refractivity contribution in [1.29, 1.82) is 0 Å². The van der Waals surface area contributed by atoms with Gasteiger partial charge in [0.25, 0.3) is 5.91 Å². The van der Waals surface area contributed by atoms with Crippen molar-refractivity contribution < 1.29 is 41.8 Å². The standard InChI is InChI=1S/C43H57N5O9S/c1-3-55-37-31-16-9-10-18-33(31)44-39-32(37)17-6-4-5-12-27-15-11-19-35(27)57-42(52)45-36(28-13-7-8-14-28)40(50)48-25-29(56-39)24-34(48)38(49)46-43(23-22-26(43)2)41(51)47-58(53,54)30-20-21-30/h4,6,9-10,16,18,26-30,34-36H,3,5,7-8,11-15,17,19-25H2,1-2H3,(H,45,52)(H,46,49)(H,47,51). The van der Waals surface area contributed by atoms with Gasteiger partial charge >= 0.3 is 6.09 Å². The third-order valence-electron chi connectivity index (χ3n) is 13.5. The summed E-state index contributed by atoms with van der Waals surface area (Å²) in [7, 11) is -3.88. The van der Waals surface area contributed by atoms with E-state index in [0.717, 1.165) is 68.7 Å². The number of benzene rings is 1. The molecule has 2 aromatic rings. The zero-order chi connectivity index (χ0) is 40.6. The van der Waals surface area contributed by atoms with Gasteiger partial charge in [0.2, 0.25) is 27.7 Å². The molecule has 7 unspecified atom stereocenters. The highest BCUT2D eigenvalue weighted by atomic mass is 32.2. The minimum atomic E-state index is -3.88. The van der Waals surface area contributed by atoms with Crippen LogP contribution in [0.2, 0.25) is 0 Å². The molecule has 4 saturated carbocycles. The minimum absolute atomic E-state index is 0.0140. The molecule has 8 rings (SSSR count). The first-order valence-electron chi connectivity index (χ1n) is 21.5. The normalized spacial score (nSPS) is 30.8. The number of hydrogen-bond donors (Lipinski definition) is 3. The molecule has 5 fully saturated rings. The van der Waals surface area contributed by atoms with Crippen molar-refractivity contribution in [3.63, 3.8) is 0 Å². The molecule has 1 aromatic heterocycles. The number of pyridine rings is 1. The molecule has 0 spiro atoms. The van der Waals surface area contributed by atoms with Crippen molar-refractivity contribution in [2.24, 2.45) is 17.8 Å². The summed E-state index contributed by atoms with van der Waals surface area (Å²) in [5.74, 6) is -1.04. The van der Waals surface area contributed by atoms with Gasteiger partial charge in [0.1, 0.15) is 35.6 Å². The van der Waals surface area contributed by atoms with Gasteiger partial charge in [-0.05, 0) is 114 Å². The number of carbonyl (C=O) groups excluding carboxylic acids is 4. The molecular formula is C43H57N5O9S. The average molecular weight is 820 g/mol. The summed E-state index contributed by atoms with van der Waals surface area (Å²) in [6.45, 7) is 4.18. The summed E-state index contributed by atoms with van der Waals surface area (Å²) in [5.41, 5.74) is -0.0201. The smallest absolute Gasteiger partial charge is 0.408 e. The Morgan fingerprint density at radius 1 is 0.983 bits per heavy atom. The van der Waals surface area contributed by atoms with E-state index < -0.39 is 62.8 Å². The number of carbonyl (C=O) groups is 4. The third-order valence-corrected chi connectivity index (χ3v) is 15.4. The number of nitrogens with one attached hydrogen (secondary N) is 3. The molecule has 1 saturated heterocycles. The van der Waals surface area contributed by atoms with Crippen molar-refractivity contribution in [3.05, 3.63) is 42.0 Å². The number of nitrogens with zero attached hydrogens (tertiary/aromatic N) is 2. The molecule has 6 aliphatic rings. The van der Waals surface area contributed by atoms with Gasteiger partial charge in [-0.3, -0.25) is 19.1 Å². The quantitative estimate of drug-likeness (QED) is 0.299. The number of allylic oxidation sites excluding steroid dienone is 2. The highest BCUT2D eigenvalue weighted by Crippen LogP contribution is 2.42. The molecule has 14 nitrogen and oxygen atoms in total. The first-order chi connectivity index (χ1) is 28.0. The van der Waals surface area contributed by atoms with Crippen molar-refractivity contribution in [2.45, 2.75) is 145 Å². The fourth-order valence-corrected chi connectivity index (χ4v) is 11.2. The molecular weight excluding hydrogens is 763 g/mol.